The fourth-order valence-electron chi connectivity index (χ4n) is 3.88. The molecule has 34 heavy (non-hydrogen) atoms. The Labute approximate surface area is 200 Å². The van der Waals surface area contributed by atoms with Crippen molar-refractivity contribution in [3.8, 4) is 6.07 Å². The molecule has 3 aromatic rings. The summed E-state index contributed by atoms with van der Waals surface area (Å²) in [5, 5.41) is 12.8. The number of carbonyl (C=O) groups excluding carboxylic acids is 2. The lowest BCUT2D eigenvalue weighted by molar-refractivity contribution is -0.141. The first kappa shape index (κ1) is 24.7. The third-order valence-corrected chi connectivity index (χ3v) is 5.86. The van der Waals surface area contributed by atoms with Gasteiger partial charge >= 0.3 is 5.97 Å². The summed E-state index contributed by atoms with van der Waals surface area (Å²) < 4.78 is 6.73. The number of nitrogens with zero attached hydrogens (tertiary/aromatic N) is 3. The fraction of sp³-hybridized carbons (Fsp3) is 0.296. The van der Waals surface area contributed by atoms with Gasteiger partial charge in [-0.1, -0.05) is 60.7 Å². The monoisotopic (exact) mass is 458 g/mol. The van der Waals surface area contributed by atoms with Gasteiger partial charge in [0.1, 0.15) is 11.9 Å². The third kappa shape index (κ3) is 6.33. The number of amides is 1. The van der Waals surface area contributed by atoms with Crippen LogP contribution >= 0.6 is 0 Å². The van der Waals surface area contributed by atoms with E-state index in [1.807, 2.05) is 84.0 Å². The van der Waals surface area contributed by atoms with Gasteiger partial charge in [-0.25, -0.2) is 0 Å². The van der Waals surface area contributed by atoms with Gasteiger partial charge in [0, 0.05) is 25.3 Å². The van der Waals surface area contributed by atoms with Gasteiger partial charge in [0.25, 0.3) is 0 Å². The number of hydrogen-bond acceptors (Lipinski definition) is 5. The Morgan fingerprint density at radius 1 is 1.03 bits per heavy atom. The number of methoxy groups -OCH3 is 1. The molecule has 1 aromatic heterocycles. The predicted molar refractivity (Wildman–Crippen MR) is 131 cm³/mol. The molecule has 0 aliphatic heterocycles. The number of esters is 1. The van der Waals surface area contributed by atoms with Crippen molar-refractivity contribution in [1.82, 2.24) is 9.47 Å². The molecule has 0 atom stereocenters. The minimum absolute atomic E-state index is 0.0748. The van der Waals surface area contributed by atoms with Crippen LogP contribution in [0.5, 0.6) is 0 Å². The molecule has 176 valence electrons. The lowest BCUT2D eigenvalue weighted by Gasteiger charge is -2.22. The smallest absolute Gasteiger partial charge is 0.306 e. The lowest BCUT2D eigenvalue weighted by atomic mass is 10.2. The van der Waals surface area contributed by atoms with Gasteiger partial charge in [-0.2, -0.15) is 5.26 Å². The lowest BCUT2D eigenvalue weighted by Crippen LogP contribution is -2.35. The van der Waals surface area contributed by atoms with Crippen LogP contribution in [0.2, 0.25) is 0 Å². The topological polar surface area (TPSA) is 87.4 Å². The zero-order valence-electron chi connectivity index (χ0n) is 19.9. The van der Waals surface area contributed by atoms with E-state index in [0.29, 0.717) is 31.0 Å². The summed E-state index contributed by atoms with van der Waals surface area (Å²) in [7, 11) is 1.35. The van der Waals surface area contributed by atoms with Gasteiger partial charge in [0.2, 0.25) is 5.91 Å². The Morgan fingerprint density at radius 3 is 2.24 bits per heavy atom. The molecular weight excluding hydrogens is 428 g/mol. The number of benzene rings is 2. The molecule has 0 saturated heterocycles. The first-order valence-corrected chi connectivity index (χ1v) is 11.2. The van der Waals surface area contributed by atoms with Crippen molar-refractivity contribution in [3.05, 3.63) is 88.6 Å². The Bertz CT molecular complexity index is 1160. The Morgan fingerprint density at radius 2 is 1.65 bits per heavy atom. The number of carbonyl (C=O) groups is 2. The number of aromatic nitrogens is 1. The van der Waals surface area contributed by atoms with Crippen LogP contribution in [0.15, 0.2) is 60.7 Å². The van der Waals surface area contributed by atoms with E-state index in [4.69, 9.17) is 4.74 Å². The normalized spacial score (nSPS) is 10.7. The molecule has 0 aliphatic rings. The van der Waals surface area contributed by atoms with Crippen LogP contribution in [0.25, 0.3) is 0 Å². The highest BCUT2D eigenvalue weighted by Crippen LogP contribution is 2.27. The van der Waals surface area contributed by atoms with E-state index in [2.05, 4.69) is 11.4 Å². The SMILES string of the molecule is COC(=O)CCN(CC(=O)Nc1c(C#N)c(C)c(C)n1Cc1ccccc1)Cc1ccccc1. The second-order valence-corrected chi connectivity index (χ2v) is 8.19. The fourth-order valence-corrected chi connectivity index (χ4v) is 3.88. The van der Waals surface area contributed by atoms with E-state index < -0.39 is 0 Å². The molecule has 0 bridgehead atoms. The quantitative estimate of drug-likeness (QED) is 0.464. The molecule has 1 N–H and O–H groups in total. The van der Waals surface area contributed by atoms with Crippen LogP contribution in [0.1, 0.15) is 34.4 Å². The van der Waals surface area contributed by atoms with Gasteiger partial charge in [0.15, 0.2) is 0 Å². The first-order valence-electron chi connectivity index (χ1n) is 11.2. The van der Waals surface area contributed by atoms with Crippen molar-refractivity contribution in [3.63, 3.8) is 0 Å². The van der Waals surface area contributed by atoms with Crippen molar-refractivity contribution in [1.29, 1.82) is 5.26 Å². The Kier molecular flexibility index (Phi) is 8.60. The van der Waals surface area contributed by atoms with E-state index >= 15 is 0 Å². The molecule has 3 rings (SSSR count). The molecule has 0 radical (unpaired) electrons. The Hall–Kier alpha value is -3.89. The maximum absolute atomic E-state index is 13.1. The van der Waals surface area contributed by atoms with E-state index in [-0.39, 0.29) is 24.8 Å². The second kappa shape index (κ2) is 11.8. The highest BCUT2D eigenvalue weighted by atomic mass is 16.5. The van der Waals surface area contributed by atoms with E-state index in [1.165, 1.54) is 7.11 Å². The second-order valence-electron chi connectivity index (χ2n) is 8.19. The van der Waals surface area contributed by atoms with Gasteiger partial charge in [0.05, 0.1) is 25.6 Å². The van der Waals surface area contributed by atoms with Crippen LogP contribution in [0.3, 0.4) is 0 Å². The first-order chi connectivity index (χ1) is 16.4. The third-order valence-electron chi connectivity index (χ3n) is 5.86. The summed E-state index contributed by atoms with van der Waals surface area (Å²) in [5.74, 6) is -0.0729. The van der Waals surface area contributed by atoms with Crippen molar-refractivity contribution >= 4 is 17.7 Å². The van der Waals surface area contributed by atoms with Crippen molar-refractivity contribution < 1.29 is 14.3 Å². The molecule has 0 spiro atoms. The maximum Gasteiger partial charge on any atom is 0.306 e. The number of rotatable bonds is 10. The summed E-state index contributed by atoms with van der Waals surface area (Å²) in [6.45, 7) is 5.35. The number of anilines is 1. The van der Waals surface area contributed by atoms with E-state index in [1.54, 1.807) is 0 Å². The summed E-state index contributed by atoms with van der Waals surface area (Å²) in [6, 6.07) is 21.9. The average molecular weight is 459 g/mol. The van der Waals surface area contributed by atoms with Crippen LogP contribution in [-0.4, -0.2) is 41.5 Å². The minimum atomic E-state index is -0.326. The molecule has 1 heterocycles. The molecule has 7 heteroatoms. The maximum atomic E-state index is 13.1. The summed E-state index contributed by atoms with van der Waals surface area (Å²) in [4.78, 5) is 26.7. The molecular formula is C27H30N4O3. The van der Waals surface area contributed by atoms with Crippen LogP contribution in [0, 0.1) is 25.2 Å². The van der Waals surface area contributed by atoms with E-state index in [0.717, 1.165) is 22.4 Å². The largest absolute Gasteiger partial charge is 0.469 e. The van der Waals surface area contributed by atoms with Crippen molar-refractivity contribution in [2.75, 3.05) is 25.5 Å². The van der Waals surface area contributed by atoms with Crippen LogP contribution in [-0.2, 0) is 27.4 Å². The van der Waals surface area contributed by atoms with Crippen LogP contribution < -0.4 is 5.32 Å². The van der Waals surface area contributed by atoms with Gasteiger partial charge in [-0.15, -0.1) is 0 Å². The van der Waals surface area contributed by atoms with E-state index in [9.17, 15) is 14.9 Å². The molecule has 0 saturated carbocycles. The Balaban J connectivity index is 1.81. The molecule has 7 nitrogen and oxygen atoms in total. The van der Waals surface area contributed by atoms with Gasteiger partial charge < -0.3 is 14.6 Å². The van der Waals surface area contributed by atoms with Crippen molar-refractivity contribution in [2.24, 2.45) is 0 Å². The predicted octanol–water partition coefficient (Wildman–Crippen LogP) is 4.03. The minimum Gasteiger partial charge on any atom is -0.469 e. The van der Waals surface area contributed by atoms with Crippen LogP contribution in [0.4, 0.5) is 5.82 Å². The highest BCUT2D eigenvalue weighted by molar-refractivity contribution is 5.93. The molecule has 0 unspecified atom stereocenters. The molecule has 2 aromatic carbocycles. The summed E-state index contributed by atoms with van der Waals surface area (Å²) in [5.41, 5.74) is 4.36. The standard InChI is InChI=1S/C27H30N4O3/c1-20-21(2)31(18-23-12-8-5-9-13-23)27(24(20)16-28)29-25(32)19-30(15-14-26(33)34-3)17-22-10-6-4-7-11-22/h4-13H,14-15,17-19H2,1-3H3,(H,29,32). The zero-order valence-corrected chi connectivity index (χ0v) is 19.9. The summed E-state index contributed by atoms with van der Waals surface area (Å²) >= 11 is 0. The van der Waals surface area contributed by atoms with Gasteiger partial charge in [-0.3, -0.25) is 14.5 Å². The number of ether oxygens (including phenoxy) is 1. The zero-order chi connectivity index (χ0) is 24.5. The number of nitrogens with one attached hydrogen (secondary N) is 1. The van der Waals surface area contributed by atoms with Crippen molar-refractivity contribution in [2.45, 2.75) is 33.4 Å². The molecule has 0 aliphatic carbocycles. The number of hydrogen-bond donors (Lipinski definition) is 1. The number of nitriles is 1. The summed E-state index contributed by atoms with van der Waals surface area (Å²) in [6.07, 6.45) is 0.183. The molecule has 0 fully saturated rings. The highest BCUT2D eigenvalue weighted by Gasteiger charge is 2.21. The molecule has 1 amide bonds. The van der Waals surface area contributed by atoms with Gasteiger partial charge in [-0.05, 0) is 30.5 Å². The average Bonchev–Trinajstić information content (AvgIpc) is 3.07.